The molecule has 4 nitrogen and oxygen atoms in total. The largest absolute Gasteiger partial charge is 0.479 e. The van der Waals surface area contributed by atoms with Gasteiger partial charge < -0.3 is 9.90 Å². The van der Waals surface area contributed by atoms with E-state index in [4.69, 9.17) is 22.0 Å². The molecule has 0 amide bonds. The van der Waals surface area contributed by atoms with E-state index in [0.29, 0.717) is 6.29 Å². The van der Waals surface area contributed by atoms with Crippen molar-refractivity contribution in [1.29, 1.82) is 5.26 Å². The van der Waals surface area contributed by atoms with E-state index >= 15 is 0 Å². The minimum Gasteiger partial charge on any atom is -0.479 e. The summed E-state index contributed by atoms with van der Waals surface area (Å²) >= 11 is 5.32. The zero-order chi connectivity index (χ0) is 8.91. The molecule has 0 fully saturated rings. The first-order chi connectivity index (χ1) is 5.06. The van der Waals surface area contributed by atoms with Crippen LogP contribution in [0.1, 0.15) is 12.8 Å². The molecular weight excluding hydrogens is 170 g/mol. The summed E-state index contributed by atoms with van der Waals surface area (Å²) in [6.07, 6.45) is 0.338. The highest BCUT2D eigenvalue weighted by Crippen LogP contribution is 2.20. The molecule has 11 heavy (non-hydrogen) atoms. The van der Waals surface area contributed by atoms with E-state index in [1.807, 2.05) is 0 Å². The van der Waals surface area contributed by atoms with Crippen LogP contribution in [0, 0.1) is 11.3 Å². The number of hydrogen-bond donors (Lipinski definition) is 1. The molecule has 0 aliphatic heterocycles. The third-order valence-corrected chi connectivity index (χ3v) is 1.56. The number of carboxylic acids is 1. The molecule has 0 aliphatic rings. The van der Waals surface area contributed by atoms with Crippen LogP contribution in [-0.4, -0.2) is 22.2 Å². The lowest BCUT2D eigenvalue weighted by atomic mass is 10.1. The Morgan fingerprint density at radius 3 is 2.64 bits per heavy atom. The van der Waals surface area contributed by atoms with Gasteiger partial charge in [-0.15, -0.1) is 0 Å². The van der Waals surface area contributed by atoms with Crippen LogP contribution in [0.4, 0.5) is 0 Å². The van der Waals surface area contributed by atoms with E-state index in [-0.39, 0.29) is 12.8 Å². The Bertz CT molecular complexity index is 210. The van der Waals surface area contributed by atoms with Gasteiger partial charge in [0.1, 0.15) is 6.29 Å². The van der Waals surface area contributed by atoms with Crippen LogP contribution in [0.5, 0.6) is 0 Å². The molecule has 0 heterocycles. The normalized spacial score (nSPS) is 14.5. The summed E-state index contributed by atoms with van der Waals surface area (Å²) in [7, 11) is 0. The predicted molar refractivity (Wildman–Crippen MR) is 37.1 cm³/mol. The van der Waals surface area contributed by atoms with E-state index in [1.165, 1.54) is 6.07 Å². The molecule has 0 saturated carbocycles. The summed E-state index contributed by atoms with van der Waals surface area (Å²) in [5, 5.41) is 16.7. The molecule has 0 radical (unpaired) electrons. The van der Waals surface area contributed by atoms with Crippen molar-refractivity contribution in [1.82, 2.24) is 0 Å². The van der Waals surface area contributed by atoms with Crippen LogP contribution in [-0.2, 0) is 9.59 Å². The molecule has 1 atom stereocenters. The summed E-state index contributed by atoms with van der Waals surface area (Å²) in [4.78, 5) is 18.2. The average Bonchev–Trinajstić information content (AvgIpc) is 2.00. The lowest BCUT2D eigenvalue weighted by Crippen LogP contribution is -2.30. The van der Waals surface area contributed by atoms with Crippen molar-refractivity contribution in [2.45, 2.75) is 17.7 Å². The van der Waals surface area contributed by atoms with Gasteiger partial charge in [-0.1, -0.05) is 11.6 Å². The summed E-state index contributed by atoms with van der Waals surface area (Å²) in [6, 6.07) is 1.42. The Morgan fingerprint density at radius 1 is 1.82 bits per heavy atom. The average molecular weight is 176 g/mol. The maximum absolute atomic E-state index is 10.3. The summed E-state index contributed by atoms with van der Waals surface area (Å²) in [5.74, 6) is -1.41. The van der Waals surface area contributed by atoms with Gasteiger partial charge in [-0.05, 0) is 6.42 Å². The van der Waals surface area contributed by atoms with Gasteiger partial charge >= 0.3 is 5.97 Å². The van der Waals surface area contributed by atoms with Crippen molar-refractivity contribution in [2.75, 3.05) is 0 Å². The molecule has 0 saturated heterocycles. The van der Waals surface area contributed by atoms with Crippen LogP contribution in [0.15, 0.2) is 0 Å². The van der Waals surface area contributed by atoms with E-state index in [9.17, 15) is 9.59 Å². The first kappa shape index (κ1) is 9.92. The number of aldehydes is 1. The highest BCUT2D eigenvalue weighted by molar-refractivity contribution is 6.36. The van der Waals surface area contributed by atoms with Crippen molar-refractivity contribution >= 4 is 23.9 Å². The fraction of sp³-hybridized carbons (Fsp3) is 0.500. The van der Waals surface area contributed by atoms with Crippen molar-refractivity contribution in [3.05, 3.63) is 0 Å². The van der Waals surface area contributed by atoms with Gasteiger partial charge in [-0.2, -0.15) is 5.26 Å². The topological polar surface area (TPSA) is 78.2 Å². The van der Waals surface area contributed by atoms with Crippen LogP contribution in [0.3, 0.4) is 0 Å². The third kappa shape index (κ3) is 2.56. The molecule has 0 aliphatic carbocycles. The molecule has 0 bridgehead atoms. The lowest BCUT2D eigenvalue weighted by Gasteiger charge is -2.10. The smallest absolute Gasteiger partial charge is 0.339 e. The van der Waals surface area contributed by atoms with Gasteiger partial charge in [-0.3, -0.25) is 0 Å². The second-order valence-corrected chi connectivity index (χ2v) is 2.57. The van der Waals surface area contributed by atoms with Crippen molar-refractivity contribution in [2.24, 2.45) is 0 Å². The van der Waals surface area contributed by atoms with Crippen LogP contribution in [0.25, 0.3) is 0 Å². The molecule has 0 aromatic heterocycles. The number of halogens is 1. The van der Waals surface area contributed by atoms with Crippen LogP contribution in [0.2, 0.25) is 0 Å². The van der Waals surface area contributed by atoms with Gasteiger partial charge in [0.25, 0.3) is 0 Å². The van der Waals surface area contributed by atoms with Gasteiger partial charge in [0, 0.05) is 6.42 Å². The Kier molecular flexibility index (Phi) is 3.55. The maximum Gasteiger partial charge on any atom is 0.339 e. The monoisotopic (exact) mass is 175 g/mol. The Labute approximate surface area is 68.4 Å². The van der Waals surface area contributed by atoms with E-state index < -0.39 is 10.8 Å². The number of hydrogen-bond acceptors (Lipinski definition) is 3. The first-order valence-electron chi connectivity index (χ1n) is 2.84. The summed E-state index contributed by atoms with van der Waals surface area (Å²) < 4.78 is 0. The molecule has 0 spiro atoms. The number of aliphatic carboxylic acids is 1. The zero-order valence-electron chi connectivity index (χ0n) is 5.58. The maximum atomic E-state index is 10.3. The fourth-order valence-corrected chi connectivity index (χ4v) is 0.578. The number of carbonyl (C=O) groups is 2. The van der Waals surface area contributed by atoms with Gasteiger partial charge in [0.15, 0.2) is 0 Å². The van der Waals surface area contributed by atoms with E-state index in [1.54, 1.807) is 0 Å². The lowest BCUT2D eigenvalue weighted by molar-refractivity contribution is -0.138. The number of nitrogens with zero attached hydrogens (tertiary/aromatic N) is 1. The highest BCUT2D eigenvalue weighted by Gasteiger charge is 2.35. The van der Waals surface area contributed by atoms with E-state index in [2.05, 4.69) is 0 Å². The Hall–Kier alpha value is -1.08. The van der Waals surface area contributed by atoms with Crippen molar-refractivity contribution in [3.8, 4) is 6.07 Å². The summed E-state index contributed by atoms with van der Waals surface area (Å²) in [6.45, 7) is 0. The van der Waals surface area contributed by atoms with Gasteiger partial charge in [0.2, 0.25) is 4.87 Å². The number of rotatable bonds is 4. The van der Waals surface area contributed by atoms with Crippen LogP contribution < -0.4 is 0 Å². The number of alkyl halides is 1. The summed E-state index contributed by atoms with van der Waals surface area (Å²) in [5.41, 5.74) is 0. The molecule has 5 heteroatoms. The standard InChI is InChI=1S/C6H6ClNO3/c7-6(4-8,5(10)11)2-1-3-9/h3H,1-2H2,(H,10,11). The number of carbonyl (C=O) groups excluding carboxylic acids is 1. The molecule has 0 aromatic rings. The van der Waals surface area contributed by atoms with Gasteiger partial charge in [-0.25, -0.2) is 4.79 Å². The van der Waals surface area contributed by atoms with Gasteiger partial charge in [0.05, 0.1) is 6.07 Å². The van der Waals surface area contributed by atoms with E-state index in [0.717, 1.165) is 0 Å². The number of carboxylic acid groups (broad SMARTS) is 1. The quantitative estimate of drug-likeness (QED) is 0.500. The minimum atomic E-state index is -1.94. The first-order valence-corrected chi connectivity index (χ1v) is 3.22. The second kappa shape index (κ2) is 3.94. The third-order valence-electron chi connectivity index (χ3n) is 1.12. The highest BCUT2D eigenvalue weighted by atomic mass is 35.5. The SMILES string of the molecule is N#CC(Cl)(CCC=O)C(=O)O. The molecule has 1 unspecified atom stereocenters. The molecule has 1 N–H and O–H groups in total. The fourth-order valence-electron chi connectivity index (χ4n) is 0.468. The minimum absolute atomic E-state index is 0.0244. The molecule has 0 aromatic carbocycles. The number of nitriles is 1. The Balaban J connectivity index is 4.25. The molecule has 0 rings (SSSR count). The van der Waals surface area contributed by atoms with Crippen molar-refractivity contribution < 1.29 is 14.7 Å². The molecular formula is C6H6ClNO3. The second-order valence-electron chi connectivity index (χ2n) is 1.92. The van der Waals surface area contributed by atoms with Crippen molar-refractivity contribution in [3.63, 3.8) is 0 Å². The predicted octanol–water partition coefficient (Wildman–Crippen LogP) is 0.551. The van der Waals surface area contributed by atoms with Crippen LogP contribution >= 0.6 is 11.6 Å². The Morgan fingerprint density at radius 2 is 2.36 bits per heavy atom. The zero-order valence-corrected chi connectivity index (χ0v) is 6.34. The molecule has 60 valence electrons.